The van der Waals surface area contributed by atoms with E-state index in [-0.39, 0.29) is 5.82 Å². The van der Waals surface area contributed by atoms with Crippen molar-refractivity contribution in [2.75, 3.05) is 25.6 Å². The highest BCUT2D eigenvalue weighted by Gasteiger charge is 2.44. The third-order valence-corrected chi connectivity index (χ3v) is 4.28. The monoisotopic (exact) mass is 390 g/mol. The Morgan fingerprint density at radius 3 is 2.64 bits per heavy atom. The van der Waals surface area contributed by atoms with Gasteiger partial charge in [-0.2, -0.15) is 5.10 Å². The molecule has 0 unspecified atom stereocenters. The lowest BCUT2D eigenvalue weighted by molar-refractivity contribution is -0.0588. The number of carbonyl (C=O) groups is 1. The molecule has 1 saturated heterocycles. The SMILES string of the molecule is CN(C)c1ccc(/C=N\NC(=O)c2ncn([C@@H]3O[C@H](CO)[C@@H](O)[C@H]3O)n2)cc1. The van der Waals surface area contributed by atoms with Crippen molar-refractivity contribution in [2.24, 2.45) is 5.10 Å². The van der Waals surface area contributed by atoms with Crippen LogP contribution in [0.2, 0.25) is 0 Å². The highest BCUT2D eigenvalue weighted by atomic mass is 16.6. The summed E-state index contributed by atoms with van der Waals surface area (Å²) < 4.78 is 6.44. The second kappa shape index (κ2) is 8.44. The van der Waals surface area contributed by atoms with Crippen molar-refractivity contribution >= 4 is 17.8 Å². The van der Waals surface area contributed by atoms with Gasteiger partial charge < -0.3 is 25.0 Å². The predicted octanol–water partition coefficient (Wildman–Crippen LogP) is -1.28. The number of carbonyl (C=O) groups excluding carboxylic acids is 1. The zero-order valence-corrected chi connectivity index (χ0v) is 15.4. The fourth-order valence-corrected chi connectivity index (χ4v) is 2.67. The van der Waals surface area contributed by atoms with Crippen LogP contribution in [0.15, 0.2) is 35.7 Å². The first-order chi connectivity index (χ1) is 13.4. The number of aromatic nitrogens is 3. The van der Waals surface area contributed by atoms with E-state index >= 15 is 0 Å². The first-order valence-corrected chi connectivity index (χ1v) is 8.55. The molecule has 4 atom stereocenters. The first kappa shape index (κ1) is 19.9. The first-order valence-electron chi connectivity index (χ1n) is 8.55. The molecule has 0 spiro atoms. The van der Waals surface area contributed by atoms with Crippen molar-refractivity contribution < 1.29 is 24.9 Å². The normalized spacial score (nSPS) is 24.6. The number of aliphatic hydroxyl groups excluding tert-OH is 3. The van der Waals surface area contributed by atoms with Crippen molar-refractivity contribution in [1.29, 1.82) is 0 Å². The fourth-order valence-electron chi connectivity index (χ4n) is 2.67. The van der Waals surface area contributed by atoms with E-state index in [9.17, 15) is 15.0 Å². The van der Waals surface area contributed by atoms with Crippen LogP contribution in [-0.4, -0.2) is 81.2 Å². The Morgan fingerprint density at radius 1 is 1.32 bits per heavy atom. The van der Waals surface area contributed by atoms with Crippen LogP contribution in [0.4, 0.5) is 5.69 Å². The van der Waals surface area contributed by atoms with Crippen LogP contribution in [0, 0.1) is 0 Å². The van der Waals surface area contributed by atoms with Crippen molar-refractivity contribution in [1.82, 2.24) is 20.2 Å². The van der Waals surface area contributed by atoms with Crippen LogP contribution in [0.3, 0.4) is 0 Å². The van der Waals surface area contributed by atoms with Crippen LogP contribution >= 0.6 is 0 Å². The van der Waals surface area contributed by atoms with Gasteiger partial charge in [-0.25, -0.2) is 15.1 Å². The minimum Gasteiger partial charge on any atom is -0.394 e. The molecule has 0 radical (unpaired) electrons. The largest absolute Gasteiger partial charge is 0.394 e. The molecule has 2 heterocycles. The van der Waals surface area contributed by atoms with E-state index in [1.54, 1.807) is 0 Å². The zero-order valence-electron chi connectivity index (χ0n) is 15.4. The van der Waals surface area contributed by atoms with Gasteiger partial charge in [0.15, 0.2) is 6.23 Å². The average molecular weight is 390 g/mol. The van der Waals surface area contributed by atoms with Gasteiger partial charge in [0, 0.05) is 19.8 Å². The highest BCUT2D eigenvalue weighted by Crippen LogP contribution is 2.28. The molecule has 11 heteroatoms. The number of hydrogen-bond acceptors (Lipinski definition) is 9. The van der Waals surface area contributed by atoms with Gasteiger partial charge in [0.25, 0.3) is 0 Å². The van der Waals surface area contributed by atoms with E-state index in [1.807, 2.05) is 43.3 Å². The van der Waals surface area contributed by atoms with Gasteiger partial charge in [0.1, 0.15) is 24.6 Å². The summed E-state index contributed by atoms with van der Waals surface area (Å²) in [6.07, 6.45) is -1.89. The van der Waals surface area contributed by atoms with Crippen molar-refractivity contribution in [2.45, 2.75) is 24.5 Å². The smallest absolute Gasteiger partial charge is 0.310 e. The lowest BCUT2D eigenvalue weighted by Crippen LogP contribution is -2.33. The standard InChI is InChI=1S/C17H22N6O5/c1-22(2)11-5-3-10(4-6-11)7-19-20-16(27)15-18-9-23(21-15)17-14(26)13(25)12(8-24)28-17/h3-7,9,12-14,17,24-26H,8H2,1-2H3,(H,20,27)/b19-7-/t12-,13-,14-,17-/m1/s1. The van der Waals surface area contributed by atoms with Gasteiger partial charge in [-0.05, 0) is 17.7 Å². The van der Waals surface area contributed by atoms with E-state index < -0.39 is 37.1 Å². The Morgan fingerprint density at radius 2 is 2.04 bits per heavy atom. The summed E-state index contributed by atoms with van der Waals surface area (Å²) >= 11 is 0. The number of nitrogens with one attached hydrogen (secondary N) is 1. The second-order valence-corrected chi connectivity index (χ2v) is 6.46. The molecule has 1 aromatic carbocycles. The number of amides is 1. The molecule has 3 rings (SSSR count). The summed E-state index contributed by atoms with van der Waals surface area (Å²) in [5.74, 6) is -0.829. The lowest BCUT2D eigenvalue weighted by Gasteiger charge is -2.13. The molecule has 4 N–H and O–H groups in total. The molecule has 1 amide bonds. The van der Waals surface area contributed by atoms with Crippen LogP contribution in [0.25, 0.3) is 0 Å². The second-order valence-electron chi connectivity index (χ2n) is 6.46. The summed E-state index contributed by atoms with van der Waals surface area (Å²) in [6, 6.07) is 7.57. The third kappa shape index (κ3) is 4.17. The van der Waals surface area contributed by atoms with Crippen molar-refractivity contribution in [3.63, 3.8) is 0 Å². The number of nitrogens with zero attached hydrogens (tertiary/aromatic N) is 5. The minimum absolute atomic E-state index is 0.183. The number of anilines is 1. The number of rotatable bonds is 6. The van der Waals surface area contributed by atoms with Crippen molar-refractivity contribution in [3.05, 3.63) is 42.0 Å². The molecule has 0 saturated carbocycles. The zero-order chi connectivity index (χ0) is 20.3. The van der Waals surface area contributed by atoms with Gasteiger partial charge >= 0.3 is 5.91 Å². The topological polar surface area (TPSA) is 145 Å². The third-order valence-electron chi connectivity index (χ3n) is 4.28. The summed E-state index contributed by atoms with van der Waals surface area (Å²) in [5, 5.41) is 36.7. The lowest BCUT2D eigenvalue weighted by atomic mass is 10.1. The number of hydrogen-bond donors (Lipinski definition) is 4. The van der Waals surface area contributed by atoms with Gasteiger partial charge in [-0.15, -0.1) is 5.10 Å². The maximum Gasteiger partial charge on any atom is 0.310 e. The van der Waals surface area contributed by atoms with E-state index in [1.165, 1.54) is 12.5 Å². The van der Waals surface area contributed by atoms with Crippen LogP contribution < -0.4 is 10.3 Å². The van der Waals surface area contributed by atoms with Crippen LogP contribution in [0.5, 0.6) is 0 Å². The molecule has 2 aromatic rings. The Labute approximate surface area is 160 Å². The van der Waals surface area contributed by atoms with Crippen molar-refractivity contribution in [3.8, 4) is 0 Å². The number of aliphatic hydroxyl groups is 3. The molecular formula is C17H22N6O5. The van der Waals surface area contributed by atoms with E-state index in [2.05, 4.69) is 20.6 Å². The molecular weight excluding hydrogens is 368 g/mol. The quantitative estimate of drug-likeness (QED) is 0.352. The number of benzene rings is 1. The summed E-state index contributed by atoms with van der Waals surface area (Å²) in [6.45, 7) is -0.457. The Hall–Kier alpha value is -2.86. The Balaban J connectivity index is 1.60. The molecule has 1 fully saturated rings. The summed E-state index contributed by atoms with van der Waals surface area (Å²) in [5.41, 5.74) is 4.16. The molecule has 0 bridgehead atoms. The Bertz CT molecular complexity index is 837. The maximum absolute atomic E-state index is 12.1. The predicted molar refractivity (Wildman–Crippen MR) is 98.9 cm³/mol. The molecule has 28 heavy (non-hydrogen) atoms. The molecule has 150 valence electrons. The molecule has 1 aliphatic heterocycles. The van der Waals surface area contributed by atoms with E-state index in [4.69, 9.17) is 9.84 Å². The average Bonchev–Trinajstić information content (AvgIpc) is 3.28. The Kier molecular flexibility index (Phi) is 5.99. The van der Waals surface area contributed by atoms with Crippen LogP contribution in [-0.2, 0) is 4.74 Å². The minimum atomic E-state index is -1.31. The fraction of sp³-hybridized carbons (Fsp3) is 0.412. The molecule has 1 aliphatic rings. The summed E-state index contributed by atoms with van der Waals surface area (Å²) in [7, 11) is 3.88. The molecule has 1 aromatic heterocycles. The van der Waals surface area contributed by atoms with Gasteiger partial charge in [-0.1, -0.05) is 12.1 Å². The molecule has 11 nitrogen and oxygen atoms in total. The highest BCUT2D eigenvalue weighted by molar-refractivity contribution is 5.91. The van der Waals surface area contributed by atoms with E-state index in [0.717, 1.165) is 15.9 Å². The molecule has 0 aliphatic carbocycles. The van der Waals surface area contributed by atoms with Gasteiger partial charge in [0.05, 0.1) is 12.8 Å². The van der Waals surface area contributed by atoms with E-state index in [0.29, 0.717) is 0 Å². The number of hydrazone groups is 1. The number of ether oxygens (including phenoxy) is 1. The van der Waals surface area contributed by atoms with Gasteiger partial charge in [0.2, 0.25) is 5.82 Å². The van der Waals surface area contributed by atoms with Gasteiger partial charge in [-0.3, -0.25) is 4.79 Å². The maximum atomic E-state index is 12.1. The summed E-state index contributed by atoms with van der Waals surface area (Å²) in [4.78, 5) is 17.9. The van der Waals surface area contributed by atoms with Crippen LogP contribution in [0.1, 0.15) is 22.4 Å².